The van der Waals surface area contributed by atoms with Crippen LogP contribution in [0.25, 0.3) is 0 Å². The zero-order valence-electron chi connectivity index (χ0n) is 25.6. The lowest BCUT2D eigenvalue weighted by Crippen LogP contribution is -2.61. The van der Waals surface area contributed by atoms with Gasteiger partial charge in [0.25, 0.3) is 5.91 Å². The molecule has 4 atom stereocenters. The number of amides is 6. The predicted octanol–water partition coefficient (Wildman–Crippen LogP) is 0.962. The van der Waals surface area contributed by atoms with Crippen LogP contribution in [0.4, 0.5) is 4.79 Å². The number of urea groups is 1. The Morgan fingerprint density at radius 2 is 1.66 bits per heavy atom. The molecule has 4 N–H and O–H groups in total. The number of likely N-dealkylation sites (tertiary alicyclic amines) is 2. The number of nitrogens with zero attached hydrogens (tertiary/aromatic N) is 2. The van der Waals surface area contributed by atoms with E-state index in [-0.39, 0.29) is 29.8 Å². The molecule has 0 radical (unpaired) electrons. The Hall–Kier alpha value is -3.44. The lowest BCUT2D eigenvalue weighted by molar-refractivity contribution is -0.143. The van der Waals surface area contributed by atoms with Crippen LogP contribution >= 0.6 is 0 Å². The fourth-order valence-electron chi connectivity index (χ4n) is 5.01. The van der Waals surface area contributed by atoms with E-state index >= 15 is 0 Å². The Morgan fingerprint density at radius 1 is 1.00 bits per heavy atom. The molecule has 0 aromatic rings. The maximum absolute atomic E-state index is 13.9. The number of rotatable bonds is 11. The minimum atomic E-state index is -0.955. The van der Waals surface area contributed by atoms with Gasteiger partial charge in [-0.05, 0) is 29.6 Å². The molecule has 0 saturated carbocycles. The molecule has 2 heterocycles. The summed E-state index contributed by atoms with van der Waals surface area (Å²) in [5.74, 6) is -2.71. The van der Waals surface area contributed by atoms with E-state index in [1.165, 1.54) is 11.0 Å². The summed E-state index contributed by atoms with van der Waals surface area (Å²) in [5.41, 5.74) is -1.04. The molecule has 0 aromatic carbocycles. The van der Waals surface area contributed by atoms with Crippen LogP contribution in [0.15, 0.2) is 12.7 Å². The van der Waals surface area contributed by atoms with Gasteiger partial charge in [-0.3, -0.25) is 24.0 Å². The molecular formula is C29H48N6O6. The van der Waals surface area contributed by atoms with Crippen LogP contribution in [0, 0.1) is 16.7 Å². The smallest absolute Gasteiger partial charge is 0.315 e. The van der Waals surface area contributed by atoms with E-state index in [0.717, 1.165) is 6.42 Å². The third-order valence-corrected chi connectivity index (χ3v) is 7.65. The molecule has 0 aliphatic carbocycles. The van der Waals surface area contributed by atoms with Crippen LogP contribution in [0.2, 0.25) is 0 Å². The zero-order valence-corrected chi connectivity index (χ0v) is 25.6. The molecule has 230 valence electrons. The minimum absolute atomic E-state index is 0.0655. The molecule has 2 saturated heterocycles. The van der Waals surface area contributed by atoms with Crippen LogP contribution in [-0.4, -0.2) is 96.1 Å². The summed E-state index contributed by atoms with van der Waals surface area (Å²) in [7, 11) is 0. The van der Waals surface area contributed by atoms with Gasteiger partial charge in [-0.1, -0.05) is 54.5 Å². The molecule has 0 unspecified atom stereocenters. The largest absolute Gasteiger partial charge is 0.347 e. The Labute approximate surface area is 243 Å². The number of carbonyl (C=O) groups excluding carboxylic acids is 6. The fourth-order valence-corrected chi connectivity index (χ4v) is 5.01. The average Bonchev–Trinajstić information content (AvgIpc) is 3.46. The highest BCUT2D eigenvalue weighted by Crippen LogP contribution is 2.29. The minimum Gasteiger partial charge on any atom is -0.347 e. The molecule has 0 aromatic heterocycles. The summed E-state index contributed by atoms with van der Waals surface area (Å²) in [5, 5.41) is 10.7. The number of Topliss-reactive ketones (excluding diaryl/α,β-unsaturated/α-hetero) is 1. The number of nitrogens with one attached hydrogen (secondary N) is 4. The first-order chi connectivity index (χ1) is 19.0. The first-order valence-corrected chi connectivity index (χ1v) is 14.3. The molecule has 2 aliphatic heterocycles. The summed E-state index contributed by atoms with van der Waals surface area (Å²) in [6.45, 7) is 17.7. The second-order valence-corrected chi connectivity index (χ2v) is 13.2. The van der Waals surface area contributed by atoms with E-state index in [0.29, 0.717) is 32.5 Å². The second kappa shape index (κ2) is 14.0. The van der Waals surface area contributed by atoms with Crippen molar-refractivity contribution in [1.29, 1.82) is 0 Å². The molecule has 0 bridgehead atoms. The molecule has 2 rings (SSSR count). The second-order valence-electron chi connectivity index (χ2n) is 13.2. The Morgan fingerprint density at radius 3 is 2.20 bits per heavy atom. The summed E-state index contributed by atoms with van der Waals surface area (Å²) in [6, 6.07) is -2.70. The number of carbonyl (C=O) groups is 6. The quantitative estimate of drug-likeness (QED) is 0.212. The lowest BCUT2D eigenvalue weighted by atomic mass is 9.85. The number of ketones is 1. The monoisotopic (exact) mass is 576 g/mol. The maximum Gasteiger partial charge on any atom is 0.315 e. The Kier molecular flexibility index (Phi) is 11.5. The zero-order chi connectivity index (χ0) is 31.1. The molecule has 12 heteroatoms. The molecule has 2 fully saturated rings. The van der Waals surface area contributed by atoms with E-state index in [2.05, 4.69) is 27.8 Å². The van der Waals surface area contributed by atoms with Crippen molar-refractivity contribution >= 4 is 35.4 Å². The number of hydrogen-bond donors (Lipinski definition) is 4. The molecule has 41 heavy (non-hydrogen) atoms. The van der Waals surface area contributed by atoms with E-state index in [1.807, 2.05) is 48.5 Å². The highest BCUT2D eigenvalue weighted by molar-refractivity contribution is 6.37. The average molecular weight is 577 g/mol. The van der Waals surface area contributed by atoms with E-state index < -0.39 is 53.6 Å². The van der Waals surface area contributed by atoms with Crippen LogP contribution in [0.5, 0.6) is 0 Å². The highest BCUT2D eigenvalue weighted by atomic mass is 16.2. The maximum atomic E-state index is 13.9. The predicted molar refractivity (Wildman–Crippen MR) is 154 cm³/mol. The molecule has 0 spiro atoms. The van der Waals surface area contributed by atoms with Gasteiger partial charge < -0.3 is 31.1 Å². The topological polar surface area (TPSA) is 157 Å². The first kappa shape index (κ1) is 33.8. The standard InChI is InChI=1S/C29H48N6O6/c1-9-13-30-24(38)19(36)16-31-25(39)22-18(2)12-15-35(22)26(40)23(29(6,7)8)33-27(41)32-20(28(3,4)5)17-34-14-10-11-21(34)37/h9,18,20,22-23H,1,10-17H2,2-8H3,(H,30,38)(H,31,39)(H2,32,33,41)/t18-,20+,22-,23+/m0/s1. The SMILES string of the molecule is C=CCNC(=O)C(=O)CNC(=O)[C@@H]1[C@@H](C)CCN1C(=O)[C@@H](NC(=O)N[C@H](CN1CCCC1=O)C(C)(C)C)C(C)(C)C. The first-order valence-electron chi connectivity index (χ1n) is 14.3. The van der Waals surface area contributed by atoms with E-state index in [4.69, 9.17) is 0 Å². The third kappa shape index (κ3) is 9.29. The van der Waals surface area contributed by atoms with Crippen molar-refractivity contribution in [1.82, 2.24) is 31.1 Å². The van der Waals surface area contributed by atoms with Crippen molar-refractivity contribution in [2.45, 2.75) is 85.9 Å². The Bertz CT molecular complexity index is 1030. The van der Waals surface area contributed by atoms with Gasteiger partial charge in [-0.25, -0.2) is 4.79 Å². The van der Waals surface area contributed by atoms with Gasteiger partial charge in [-0.2, -0.15) is 0 Å². The van der Waals surface area contributed by atoms with Crippen molar-refractivity contribution in [2.75, 3.05) is 32.7 Å². The highest BCUT2D eigenvalue weighted by Gasteiger charge is 2.45. The van der Waals surface area contributed by atoms with Gasteiger partial charge in [0.2, 0.25) is 23.5 Å². The lowest BCUT2D eigenvalue weighted by Gasteiger charge is -2.38. The Balaban J connectivity index is 2.13. The summed E-state index contributed by atoms with van der Waals surface area (Å²) in [6.07, 6.45) is 3.30. The summed E-state index contributed by atoms with van der Waals surface area (Å²) >= 11 is 0. The molecular weight excluding hydrogens is 528 g/mol. The molecule has 12 nitrogen and oxygen atoms in total. The third-order valence-electron chi connectivity index (χ3n) is 7.65. The number of hydrogen-bond acceptors (Lipinski definition) is 6. The van der Waals surface area contributed by atoms with Gasteiger partial charge >= 0.3 is 6.03 Å². The van der Waals surface area contributed by atoms with Crippen LogP contribution in [-0.2, 0) is 24.0 Å². The van der Waals surface area contributed by atoms with Crippen molar-refractivity contribution in [2.24, 2.45) is 16.7 Å². The van der Waals surface area contributed by atoms with Crippen LogP contribution in [0.1, 0.15) is 67.7 Å². The summed E-state index contributed by atoms with van der Waals surface area (Å²) in [4.78, 5) is 79.6. The normalized spacial score (nSPS) is 20.7. The van der Waals surface area contributed by atoms with Crippen molar-refractivity contribution in [3.8, 4) is 0 Å². The van der Waals surface area contributed by atoms with Gasteiger partial charge in [0, 0.05) is 32.6 Å². The van der Waals surface area contributed by atoms with Crippen molar-refractivity contribution in [3.05, 3.63) is 12.7 Å². The van der Waals surface area contributed by atoms with Crippen molar-refractivity contribution < 1.29 is 28.8 Å². The van der Waals surface area contributed by atoms with Crippen LogP contribution < -0.4 is 21.3 Å². The van der Waals surface area contributed by atoms with E-state index in [1.54, 1.807) is 4.90 Å². The van der Waals surface area contributed by atoms with Crippen LogP contribution in [0.3, 0.4) is 0 Å². The van der Waals surface area contributed by atoms with Gasteiger partial charge in [0.1, 0.15) is 12.1 Å². The molecule has 2 aliphatic rings. The van der Waals surface area contributed by atoms with Crippen molar-refractivity contribution in [3.63, 3.8) is 0 Å². The van der Waals surface area contributed by atoms with Gasteiger partial charge in [0.05, 0.1) is 12.6 Å². The summed E-state index contributed by atoms with van der Waals surface area (Å²) < 4.78 is 0. The molecule has 6 amide bonds. The van der Waals surface area contributed by atoms with E-state index in [9.17, 15) is 28.8 Å². The van der Waals surface area contributed by atoms with Gasteiger partial charge in [0.15, 0.2) is 0 Å². The van der Waals surface area contributed by atoms with Gasteiger partial charge in [-0.15, -0.1) is 6.58 Å². The fraction of sp³-hybridized carbons (Fsp3) is 0.724.